The lowest BCUT2D eigenvalue weighted by Gasteiger charge is -2.29. The second-order valence-electron chi connectivity index (χ2n) is 5.70. The third-order valence-electron chi connectivity index (χ3n) is 4.22. The van der Waals surface area contributed by atoms with Gasteiger partial charge < -0.3 is 10.0 Å². The molecule has 3 heterocycles. The Morgan fingerprint density at radius 2 is 1.96 bits per heavy atom. The van der Waals surface area contributed by atoms with E-state index in [1.807, 2.05) is 41.0 Å². The number of carboxylic acids is 1. The topological polar surface area (TPSA) is 70.7 Å². The van der Waals surface area contributed by atoms with Crippen LogP contribution in [0.4, 0.5) is 5.13 Å². The largest absolute Gasteiger partial charge is 0.481 e. The van der Waals surface area contributed by atoms with E-state index in [4.69, 9.17) is 5.11 Å². The highest BCUT2D eigenvalue weighted by Gasteiger charge is 2.26. The highest BCUT2D eigenvalue weighted by molar-refractivity contribution is 7.20. The molecule has 0 bridgehead atoms. The van der Waals surface area contributed by atoms with Crippen molar-refractivity contribution in [1.29, 1.82) is 0 Å². The van der Waals surface area contributed by atoms with E-state index in [9.17, 15) is 4.79 Å². The van der Waals surface area contributed by atoms with Crippen LogP contribution in [0.5, 0.6) is 0 Å². The van der Waals surface area contributed by atoms with Gasteiger partial charge in [0.1, 0.15) is 0 Å². The van der Waals surface area contributed by atoms with Crippen LogP contribution in [0, 0.1) is 5.92 Å². The number of aliphatic carboxylic acids is 1. The van der Waals surface area contributed by atoms with Gasteiger partial charge in [-0.2, -0.15) is 0 Å². The molecular formula is C16H16N4O2S. The molecule has 1 aliphatic heterocycles. The molecule has 0 amide bonds. The lowest BCUT2D eigenvalue weighted by atomic mass is 9.98. The number of hydrogen-bond acceptors (Lipinski definition) is 5. The fraction of sp³-hybridized carbons (Fsp3) is 0.312. The Balaban J connectivity index is 1.54. The first kappa shape index (κ1) is 14.2. The molecule has 0 radical (unpaired) electrons. The van der Waals surface area contributed by atoms with Gasteiger partial charge in [-0.15, -0.1) is 5.10 Å². The second kappa shape index (κ2) is 5.66. The van der Waals surface area contributed by atoms with Crippen molar-refractivity contribution in [2.24, 2.45) is 5.92 Å². The van der Waals surface area contributed by atoms with Crippen molar-refractivity contribution in [3.63, 3.8) is 0 Å². The molecule has 1 aliphatic rings. The Morgan fingerprint density at radius 3 is 2.61 bits per heavy atom. The molecule has 0 spiro atoms. The predicted molar refractivity (Wildman–Crippen MR) is 88.9 cm³/mol. The summed E-state index contributed by atoms with van der Waals surface area (Å²) in [5.41, 5.74) is 1.99. The normalized spacial score (nSPS) is 16.1. The van der Waals surface area contributed by atoms with E-state index < -0.39 is 5.97 Å². The van der Waals surface area contributed by atoms with Crippen molar-refractivity contribution in [3.8, 4) is 11.3 Å². The van der Waals surface area contributed by atoms with Gasteiger partial charge in [-0.05, 0) is 12.8 Å². The number of nitrogens with zero attached hydrogens (tertiary/aromatic N) is 4. The molecule has 7 heteroatoms. The summed E-state index contributed by atoms with van der Waals surface area (Å²) >= 11 is 1.55. The summed E-state index contributed by atoms with van der Waals surface area (Å²) in [6.07, 6.45) is 3.29. The Hall–Kier alpha value is -2.41. The number of fused-ring (bicyclic) bond motifs is 1. The summed E-state index contributed by atoms with van der Waals surface area (Å²) in [5, 5.41) is 14.6. The molecule has 0 aliphatic carbocycles. The lowest BCUT2D eigenvalue weighted by molar-refractivity contribution is -0.142. The van der Waals surface area contributed by atoms with E-state index in [2.05, 4.69) is 15.0 Å². The zero-order valence-corrected chi connectivity index (χ0v) is 13.2. The Morgan fingerprint density at radius 1 is 1.22 bits per heavy atom. The van der Waals surface area contributed by atoms with E-state index in [1.165, 1.54) is 0 Å². The van der Waals surface area contributed by atoms with E-state index in [0.29, 0.717) is 12.8 Å². The predicted octanol–water partition coefficient (Wildman–Crippen LogP) is 2.76. The monoisotopic (exact) mass is 328 g/mol. The summed E-state index contributed by atoms with van der Waals surface area (Å²) in [5.74, 6) is -0.911. The number of aromatic nitrogens is 3. The van der Waals surface area contributed by atoms with Crippen LogP contribution in [0.15, 0.2) is 36.5 Å². The van der Waals surface area contributed by atoms with Crippen LogP contribution >= 0.6 is 11.3 Å². The molecule has 1 N–H and O–H groups in total. The van der Waals surface area contributed by atoms with Crippen LogP contribution < -0.4 is 4.90 Å². The molecule has 23 heavy (non-hydrogen) atoms. The van der Waals surface area contributed by atoms with Gasteiger partial charge in [0.25, 0.3) is 0 Å². The van der Waals surface area contributed by atoms with Crippen molar-refractivity contribution in [1.82, 2.24) is 14.6 Å². The van der Waals surface area contributed by atoms with E-state index in [1.54, 1.807) is 11.3 Å². The van der Waals surface area contributed by atoms with E-state index in [0.717, 1.165) is 34.4 Å². The van der Waals surface area contributed by atoms with Gasteiger partial charge in [0, 0.05) is 18.7 Å². The molecule has 6 nitrogen and oxygen atoms in total. The van der Waals surface area contributed by atoms with Crippen molar-refractivity contribution in [2.45, 2.75) is 12.8 Å². The Kier molecular flexibility index (Phi) is 3.49. The maximum Gasteiger partial charge on any atom is 0.306 e. The lowest BCUT2D eigenvalue weighted by Crippen LogP contribution is -2.36. The number of carbonyl (C=O) groups is 1. The van der Waals surface area contributed by atoms with Crippen molar-refractivity contribution in [2.75, 3.05) is 18.0 Å². The van der Waals surface area contributed by atoms with Crippen molar-refractivity contribution >= 4 is 27.4 Å². The van der Waals surface area contributed by atoms with Gasteiger partial charge in [-0.1, -0.05) is 41.7 Å². The number of imidazole rings is 1. The third-order valence-corrected chi connectivity index (χ3v) is 5.20. The van der Waals surface area contributed by atoms with Gasteiger partial charge in [-0.25, -0.2) is 9.50 Å². The molecule has 2 aromatic heterocycles. The van der Waals surface area contributed by atoms with Crippen LogP contribution in [0.25, 0.3) is 16.2 Å². The highest BCUT2D eigenvalue weighted by Crippen LogP contribution is 2.29. The SMILES string of the molecule is O=C(O)C1CCN(c2nn3cc(-c4ccccc4)nc3s2)CC1. The maximum atomic E-state index is 11.0. The molecule has 1 saturated heterocycles. The first-order valence-electron chi connectivity index (χ1n) is 7.60. The Bertz CT molecular complexity index is 803. The second-order valence-corrected chi connectivity index (χ2v) is 6.64. The summed E-state index contributed by atoms with van der Waals surface area (Å²) in [6, 6.07) is 10.0. The minimum absolute atomic E-state index is 0.222. The first-order valence-corrected chi connectivity index (χ1v) is 8.42. The molecule has 0 saturated carbocycles. The average molecular weight is 328 g/mol. The maximum absolute atomic E-state index is 11.0. The number of carboxylic acid groups (broad SMARTS) is 1. The summed E-state index contributed by atoms with van der Waals surface area (Å²) in [4.78, 5) is 18.7. The van der Waals surface area contributed by atoms with E-state index in [-0.39, 0.29) is 5.92 Å². The number of benzene rings is 1. The smallest absolute Gasteiger partial charge is 0.306 e. The zero-order chi connectivity index (χ0) is 15.8. The molecule has 0 unspecified atom stereocenters. The van der Waals surface area contributed by atoms with Crippen LogP contribution in [-0.2, 0) is 4.79 Å². The summed E-state index contributed by atoms with van der Waals surface area (Å²) in [7, 11) is 0. The van der Waals surface area contributed by atoms with Crippen LogP contribution in [-0.4, -0.2) is 38.8 Å². The number of anilines is 1. The summed E-state index contributed by atoms with van der Waals surface area (Å²) < 4.78 is 1.81. The van der Waals surface area contributed by atoms with Gasteiger partial charge in [-0.3, -0.25) is 4.79 Å². The van der Waals surface area contributed by atoms with Gasteiger partial charge >= 0.3 is 5.97 Å². The Labute approximate surface area is 137 Å². The fourth-order valence-electron chi connectivity index (χ4n) is 2.88. The molecule has 0 atom stereocenters. The molecule has 1 fully saturated rings. The molecule has 1 aromatic carbocycles. The zero-order valence-electron chi connectivity index (χ0n) is 12.4. The number of piperidine rings is 1. The van der Waals surface area contributed by atoms with Gasteiger partial charge in [0.05, 0.1) is 17.8 Å². The fourth-order valence-corrected chi connectivity index (χ4v) is 3.82. The minimum Gasteiger partial charge on any atom is -0.481 e. The molecule has 118 valence electrons. The van der Waals surface area contributed by atoms with Crippen molar-refractivity contribution < 1.29 is 9.90 Å². The number of hydrogen-bond donors (Lipinski definition) is 1. The van der Waals surface area contributed by atoms with Crippen LogP contribution in [0.3, 0.4) is 0 Å². The average Bonchev–Trinajstić information content (AvgIpc) is 3.14. The number of rotatable bonds is 3. The minimum atomic E-state index is -0.689. The quantitative estimate of drug-likeness (QED) is 0.800. The molecule has 3 aromatic rings. The van der Waals surface area contributed by atoms with Crippen molar-refractivity contribution in [3.05, 3.63) is 36.5 Å². The van der Waals surface area contributed by atoms with E-state index >= 15 is 0 Å². The van der Waals surface area contributed by atoms with Gasteiger partial charge in [0.15, 0.2) is 0 Å². The molecular weight excluding hydrogens is 312 g/mol. The molecule has 4 rings (SSSR count). The van der Waals surface area contributed by atoms with Crippen LogP contribution in [0.1, 0.15) is 12.8 Å². The van der Waals surface area contributed by atoms with Gasteiger partial charge in [0.2, 0.25) is 10.1 Å². The van der Waals surface area contributed by atoms with Crippen LogP contribution in [0.2, 0.25) is 0 Å². The third kappa shape index (κ3) is 2.68. The summed E-state index contributed by atoms with van der Waals surface area (Å²) in [6.45, 7) is 1.47. The standard InChI is InChI=1S/C16H16N4O2S/c21-14(22)12-6-8-19(9-7-12)16-18-20-10-13(17-15(20)23-16)11-4-2-1-3-5-11/h1-5,10,12H,6-9H2,(H,21,22). The highest BCUT2D eigenvalue weighted by atomic mass is 32.1. The first-order chi connectivity index (χ1) is 11.2.